The molecule has 2 atom stereocenters. The average Bonchev–Trinajstić information content (AvgIpc) is 2.19. The van der Waals surface area contributed by atoms with Gasteiger partial charge >= 0.3 is 0 Å². The van der Waals surface area contributed by atoms with E-state index in [0.29, 0.717) is 0 Å². The van der Waals surface area contributed by atoms with Crippen molar-refractivity contribution in [2.24, 2.45) is 0 Å². The summed E-state index contributed by atoms with van der Waals surface area (Å²) in [7, 11) is 0.845. The fraction of sp³-hybridized carbons (Fsp3) is 0.333. The molecule has 0 saturated carbocycles. The molecule has 0 bridgehead atoms. The van der Waals surface area contributed by atoms with Crippen LogP contribution in [-0.4, -0.2) is 8.79 Å². The van der Waals surface area contributed by atoms with Crippen LogP contribution in [0.1, 0.15) is 0 Å². The smallest absolute Gasteiger partial charge is 0.121 e. The van der Waals surface area contributed by atoms with Gasteiger partial charge in [0, 0.05) is 0 Å². The third kappa shape index (κ3) is 0.656. The summed E-state index contributed by atoms with van der Waals surface area (Å²) in [6.07, 6.45) is 1.71. The summed E-state index contributed by atoms with van der Waals surface area (Å²) in [6.45, 7) is 3.46. The minimum Gasteiger partial charge on any atom is -0.246 e. The Balaban J connectivity index is 2.44. The zero-order valence-corrected chi connectivity index (χ0v) is 4.72. The number of hydrogen-bond acceptors (Lipinski definition) is 2. The Morgan fingerprint density at radius 2 is 2.50 bits per heavy atom. The van der Waals surface area contributed by atoms with Crippen LogP contribution in [0.15, 0.2) is 12.7 Å². The standard InChI is InChI=1S/C3H4OS2/c1-2-3-5-6(3)4/h2-3H,1H2. The third-order valence-electron chi connectivity index (χ3n) is 0.534. The van der Waals surface area contributed by atoms with Crippen molar-refractivity contribution in [3.05, 3.63) is 12.7 Å². The van der Waals surface area contributed by atoms with Gasteiger partial charge in [-0.15, -0.1) is 6.58 Å². The van der Waals surface area contributed by atoms with E-state index < -0.39 is 9.83 Å². The molecular weight excluding hydrogens is 116 g/mol. The van der Waals surface area contributed by atoms with E-state index in [1.165, 1.54) is 10.8 Å². The van der Waals surface area contributed by atoms with Gasteiger partial charge in [-0.25, -0.2) is 4.21 Å². The van der Waals surface area contributed by atoms with Crippen molar-refractivity contribution in [3.8, 4) is 0 Å². The molecule has 1 aliphatic rings. The summed E-state index contributed by atoms with van der Waals surface area (Å²) in [5, 5.41) is 0. The van der Waals surface area contributed by atoms with Gasteiger partial charge in [0.15, 0.2) is 0 Å². The van der Waals surface area contributed by atoms with Gasteiger partial charge in [-0.05, 0) is 10.8 Å². The molecule has 34 valence electrons. The number of hydrogen-bond donors (Lipinski definition) is 0. The summed E-state index contributed by atoms with van der Waals surface area (Å²) in [5.41, 5.74) is 0. The molecule has 1 rings (SSSR count). The largest absolute Gasteiger partial charge is 0.246 e. The molecule has 1 aliphatic heterocycles. The van der Waals surface area contributed by atoms with E-state index in [1.807, 2.05) is 0 Å². The van der Waals surface area contributed by atoms with Crippen molar-refractivity contribution in [3.63, 3.8) is 0 Å². The molecule has 0 aromatic rings. The van der Waals surface area contributed by atoms with Crippen LogP contribution in [0.3, 0.4) is 0 Å². The van der Waals surface area contributed by atoms with Gasteiger partial charge in [-0.3, -0.25) is 0 Å². The van der Waals surface area contributed by atoms with Crippen LogP contribution in [0, 0.1) is 0 Å². The molecule has 0 amide bonds. The van der Waals surface area contributed by atoms with Crippen LogP contribution in [0.4, 0.5) is 0 Å². The highest BCUT2D eigenvalue weighted by Crippen LogP contribution is 2.39. The molecule has 0 aliphatic carbocycles. The molecule has 0 spiro atoms. The second kappa shape index (κ2) is 1.39. The maximum atomic E-state index is 10.1. The molecule has 1 nitrogen and oxygen atoms in total. The van der Waals surface area contributed by atoms with Crippen LogP contribution in [-0.2, 0) is 9.83 Å². The summed E-state index contributed by atoms with van der Waals surface area (Å²) < 4.78 is 10.4. The molecule has 1 fully saturated rings. The lowest BCUT2D eigenvalue weighted by Crippen LogP contribution is -1.66. The molecule has 3 heteroatoms. The van der Waals surface area contributed by atoms with Crippen LogP contribution < -0.4 is 0 Å². The Hall–Kier alpha value is 0.240. The first-order valence-corrected chi connectivity index (χ1v) is 4.16. The maximum Gasteiger partial charge on any atom is 0.121 e. The molecule has 6 heavy (non-hydrogen) atoms. The predicted molar refractivity (Wildman–Crippen MR) is 29.7 cm³/mol. The zero-order valence-electron chi connectivity index (χ0n) is 3.09. The fourth-order valence-electron chi connectivity index (χ4n) is 0.189. The Kier molecular flexibility index (Phi) is 1.02. The fourth-order valence-corrected chi connectivity index (χ4v) is 1.75. The van der Waals surface area contributed by atoms with Gasteiger partial charge in [0.2, 0.25) is 0 Å². The van der Waals surface area contributed by atoms with E-state index in [1.54, 1.807) is 6.08 Å². The minimum atomic E-state index is -0.600. The minimum absolute atomic E-state index is 0.255. The van der Waals surface area contributed by atoms with E-state index in [2.05, 4.69) is 6.58 Å². The first-order chi connectivity index (χ1) is 2.84. The van der Waals surface area contributed by atoms with Gasteiger partial charge in [0.25, 0.3) is 0 Å². The highest BCUT2D eigenvalue weighted by molar-refractivity contribution is 8.85. The molecule has 2 unspecified atom stereocenters. The van der Waals surface area contributed by atoms with E-state index in [0.717, 1.165) is 0 Å². The zero-order chi connectivity index (χ0) is 4.57. The molecule has 0 radical (unpaired) electrons. The highest BCUT2D eigenvalue weighted by atomic mass is 33.2. The second-order valence-corrected chi connectivity index (χ2v) is 4.55. The second-order valence-electron chi connectivity index (χ2n) is 0.961. The van der Waals surface area contributed by atoms with Crippen LogP contribution >= 0.6 is 10.8 Å². The lowest BCUT2D eigenvalue weighted by Gasteiger charge is -1.57. The van der Waals surface area contributed by atoms with Gasteiger partial charge < -0.3 is 0 Å². The normalized spacial score (nSPS) is 42.0. The summed E-state index contributed by atoms with van der Waals surface area (Å²) in [4.78, 5) is 0. The monoisotopic (exact) mass is 120 g/mol. The molecule has 0 aromatic carbocycles. The van der Waals surface area contributed by atoms with E-state index >= 15 is 0 Å². The van der Waals surface area contributed by atoms with Crippen molar-refractivity contribution in [2.45, 2.75) is 4.58 Å². The van der Waals surface area contributed by atoms with Gasteiger partial charge in [0.05, 0.1) is 0 Å². The molecule has 0 aromatic heterocycles. The van der Waals surface area contributed by atoms with E-state index in [9.17, 15) is 4.21 Å². The van der Waals surface area contributed by atoms with Crippen molar-refractivity contribution in [1.82, 2.24) is 0 Å². The Morgan fingerprint density at radius 3 is 2.50 bits per heavy atom. The Labute approximate surface area is 42.7 Å². The van der Waals surface area contributed by atoms with Gasteiger partial charge in [0.1, 0.15) is 14.4 Å². The van der Waals surface area contributed by atoms with Gasteiger partial charge in [-0.2, -0.15) is 0 Å². The van der Waals surface area contributed by atoms with Crippen molar-refractivity contribution < 1.29 is 4.21 Å². The first-order valence-electron chi connectivity index (χ1n) is 1.55. The predicted octanol–water partition coefficient (Wildman–Crippen LogP) is 0.909. The van der Waals surface area contributed by atoms with Crippen molar-refractivity contribution in [2.75, 3.05) is 0 Å². The molecule has 1 heterocycles. The first kappa shape index (κ1) is 4.40. The van der Waals surface area contributed by atoms with Gasteiger partial charge in [-0.1, -0.05) is 6.08 Å². The third-order valence-corrected chi connectivity index (χ3v) is 3.32. The summed E-state index contributed by atoms with van der Waals surface area (Å²) in [5.74, 6) is 0. The van der Waals surface area contributed by atoms with E-state index in [4.69, 9.17) is 0 Å². The van der Waals surface area contributed by atoms with Crippen LogP contribution in [0.25, 0.3) is 0 Å². The SMILES string of the molecule is C=CC1SS1=O. The molecule has 1 saturated heterocycles. The Morgan fingerprint density at radius 1 is 2.00 bits per heavy atom. The topological polar surface area (TPSA) is 17.1 Å². The van der Waals surface area contributed by atoms with Crippen LogP contribution in [0.5, 0.6) is 0 Å². The van der Waals surface area contributed by atoms with Crippen molar-refractivity contribution >= 4 is 20.6 Å². The lowest BCUT2D eigenvalue weighted by atomic mass is 10.8. The Bertz CT molecular complexity index is 99.0. The maximum absolute atomic E-state index is 10.1. The molecular formula is C3H4OS2. The van der Waals surface area contributed by atoms with E-state index in [-0.39, 0.29) is 4.58 Å². The van der Waals surface area contributed by atoms with Crippen molar-refractivity contribution in [1.29, 1.82) is 0 Å². The number of rotatable bonds is 1. The summed E-state index contributed by atoms with van der Waals surface area (Å²) >= 11 is 0. The summed E-state index contributed by atoms with van der Waals surface area (Å²) in [6, 6.07) is 0. The highest BCUT2D eigenvalue weighted by Gasteiger charge is 2.30. The van der Waals surface area contributed by atoms with Crippen LogP contribution in [0.2, 0.25) is 0 Å². The lowest BCUT2D eigenvalue weighted by molar-refractivity contribution is 0.695. The average molecular weight is 120 g/mol. The molecule has 0 N–H and O–H groups in total. The quantitative estimate of drug-likeness (QED) is 0.290.